The van der Waals surface area contributed by atoms with Crippen molar-refractivity contribution in [1.82, 2.24) is 10.6 Å². The third kappa shape index (κ3) is 4.24. The van der Waals surface area contributed by atoms with Crippen molar-refractivity contribution in [2.45, 2.75) is 50.6 Å². The van der Waals surface area contributed by atoms with Crippen molar-refractivity contribution in [2.24, 2.45) is 0 Å². The number of hydrogen-bond donors (Lipinski definition) is 2. The summed E-state index contributed by atoms with van der Waals surface area (Å²) in [4.78, 5) is 11.6. The first-order chi connectivity index (χ1) is 8.55. The topological polar surface area (TPSA) is 75.3 Å². The molecule has 6 heteroatoms. The summed E-state index contributed by atoms with van der Waals surface area (Å²) >= 11 is 0. The van der Waals surface area contributed by atoms with Crippen LogP contribution in [-0.4, -0.2) is 44.5 Å². The predicted octanol–water partition coefficient (Wildman–Crippen LogP) is 0.212. The minimum Gasteiger partial charge on any atom is -0.352 e. The van der Waals surface area contributed by atoms with Crippen molar-refractivity contribution in [3.05, 3.63) is 0 Å². The molecule has 1 unspecified atom stereocenters. The quantitative estimate of drug-likeness (QED) is 0.751. The molecule has 1 aliphatic carbocycles. The van der Waals surface area contributed by atoms with E-state index in [0.717, 1.165) is 0 Å². The zero-order chi connectivity index (χ0) is 13.0. The highest BCUT2D eigenvalue weighted by Crippen LogP contribution is 2.17. The fourth-order valence-corrected chi connectivity index (χ4v) is 4.40. The molecule has 2 aliphatic rings. The van der Waals surface area contributed by atoms with Crippen molar-refractivity contribution in [2.75, 3.05) is 18.1 Å². The molecule has 2 fully saturated rings. The van der Waals surface area contributed by atoms with E-state index in [9.17, 15) is 13.2 Å². The van der Waals surface area contributed by atoms with Crippen LogP contribution in [0.1, 0.15) is 38.5 Å². The van der Waals surface area contributed by atoms with Crippen molar-refractivity contribution in [3.63, 3.8) is 0 Å². The second-order valence-electron chi connectivity index (χ2n) is 5.35. The molecule has 1 saturated carbocycles. The minimum absolute atomic E-state index is 0.0393. The Hall–Kier alpha value is -0.620. The number of carbonyl (C=O) groups excluding carboxylic acids is 1. The van der Waals surface area contributed by atoms with Crippen LogP contribution in [0.15, 0.2) is 0 Å². The Morgan fingerprint density at radius 1 is 1.11 bits per heavy atom. The van der Waals surface area contributed by atoms with E-state index in [-0.39, 0.29) is 23.5 Å². The first kappa shape index (κ1) is 13.8. The highest BCUT2D eigenvalue weighted by atomic mass is 32.2. The Balaban J connectivity index is 1.60. The molecule has 0 spiro atoms. The summed E-state index contributed by atoms with van der Waals surface area (Å²) in [5.74, 6) is 0.273. The van der Waals surface area contributed by atoms with Gasteiger partial charge in [-0.1, -0.05) is 12.8 Å². The largest absolute Gasteiger partial charge is 0.352 e. The zero-order valence-corrected chi connectivity index (χ0v) is 11.5. The van der Waals surface area contributed by atoms with Gasteiger partial charge in [0, 0.05) is 25.0 Å². The SMILES string of the molecule is O=C(CCNC1CCCC1)NC1CCS(=O)(=O)C1. The van der Waals surface area contributed by atoms with E-state index in [1.165, 1.54) is 25.7 Å². The van der Waals surface area contributed by atoms with E-state index < -0.39 is 9.84 Å². The summed E-state index contributed by atoms with van der Waals surface area (Å²) in [6.07, 6.45) is 5.98. The van der Waals surface area contributed by atoms with Gasteiger partial charge in [0.25, 0.3) is 0 Å². The molecule has 2 rings (SSSR count). The van der Waals surface area contributed by atoms with E-state index in [0.29, 0.717) is 25.4 Å². The maximum atomic E-state index is 11.6. The fraction of sp³-hybridized carbons (Fsp3) is 0.917. The van der Waals surface area contributed by atoms with E-state index in [2.05, 4.69) is 10.6 Å². The molecule has 1 heterocycles. The maximum Gasteiger partial charge on any atom is 0.221 e. The molecule has 0 aromatic carbocycles. The third-order valence-corrected chi connectivity index (χ3v) is 5.51. The standard InChI is InChI=1S/C12H22N2O3S/c15-12(5-7-13-10-3-1-2-4-10)14-11-6-8-18(16,17)9-11/h10-11,13H,1-9H2,(H,14,15). The average molecular weight is 274 g/mol. The lowest BCUT2D eigenvalue weighted by molar-refractivity contribution is -0.121. The second kappa shape index (κ2) is 6.02. The van der Waals surface area contributed by atoms with Gasteiger partial charge in [0.15, 0.2) is 9.84 Å². The van der Waals surface area contributed by atoms with Gasteiger partial charge in [-0.2, -0.15) is 0 Å². The molecule has 2 N–H and O–H groups in total. The van der Waals surface area contributed by atoms with Gasteiger partial charge < -0.3 is 10.6 Å². The molecule has 0 radical (unpaired) electrons. The number of carbonyl (C=O) groups is 1. The van der Waals surface area contributed by atoms with Crippen LogP contribution in [0.25, 0.3) is 0 Å². The van der Waals surface area contributed by atoms with Gasteiger partial charge in [0.2, 0.25) is 5.91 Å². The minimum atomic E-state index is -2.91. The lowest BCUT2D eigenvalue weighted by atomic mass is 10.2. The summed E-state index contributed by atoms with van der Waals surface area (Å²) in [5, 5.41) is 6.18. The van der Waals surface area contributed by atoms with Gasteiger partial charge in [-0.05, 0) is 19.3 Å². The molecule has 0 aromatic rings. The monoisotopic (exact) mass is 274 g/mol. The molecule has 1 amide bonds. The Labute approximate surface area is 109 Å². The number of rotatable bonds is 5. The van der Waals surface area contributed by atoms with Crippen LogP contribution in [0.3, 0.4) is 0 Å². The molecule has 1 atom stereocenters. The van der Waals surface area contributed by atoms with Crippen LogP contribution in [0.4, 0.5) is 0 Å². The normalized spacial score (nSPS) is 27.4. The third-order valence-electron chi connectivity index (χ3n) is 3.74. The van der Waals surface area contributed by atoms with Crippen LogP contribution < -0.4 is 10.6 Å². The molecule has 1 aliphatic heterocycles. The van der Waals surface area contributed by atoms with Gasteiger partial charge >= 0.3 is 0 Å². The summed E-state index contributed by atoms with van der Waals surface area (Å²) in [6, 6.07) is 0.402. The van der Waals surface area contributed by atoms with Crippen LogP contribution in [0, 0.1) is 0 Å². The van der Waals surface area contributed by atoms with Crippen molar-refractivity contribution in [3.8, 4) is 0 Å². The highest BCUT2D eigenvalue weighted by molar-refractivity contribution is 7.91. The van der Waals surface area contributed by atoms with Gasteiger partial charge in [-0.25, -0.2) is 8.42 Å². The first-order valence-electron chi connectivity index (χ1n) is 6.78. The van der Waals surface area contributed by atoms with E-state index >= 15 is 0 Å². The number of amides is 1. The van der Waals surface area contributed by atoms with Crippen LogP contribution in [-0.2, 0) is 14.6 Å². The molecule has 1 saturated heterocycles. The van der Waals surface area contributed by atoms with Gasteiger partial charge in [-0.3, -0.25) is 4.79 Å². The van der Waals surface area contributed by atoms with E-state index in [4.69, 9.17) is 0 Å². The van der Waals surface area contributed by atoms with Gasteiger partial charge in [0.1, 0.15) is 0 Å². The Bertz CT molecular complexity index is 388. The van der Waals surface area contributed by atoms with Crippen molar-refractivity contribution < 1.29 is 13.2 Å². The number of nitrogens with one attached hydrogen (secondary N) is 2. The summed E-state index contributed by atoms with van der Waals surface area (Å²) in [6.45, 7) is 0.690. The molecular weight excluding hydrogens is 252 g/mol. The molecule has 5 nitrogen and oxygen atoms in total. The van der Waals surface area contributed by atoms with Gasteiger partial charge in [-0.15, -0.1) is 0 Å². The summed E-state index contributed by atoms with van der Waals surface area (Å²) in [5.41, 5.74) is 0. The van der Waals surface area contributed by atoms with E-state index in [1.807, 2.05) is 0 Å². The van der Waals surface area contributed by atoms with Crippen molar-refractivity contribution in [1.29, 1.82) is 0 Å². The summed E-state index contributed by atoms with van der Waals surface area (Å²) < 4.78 is 22.5. The maximum absolute atomic E-state index is 11.6. The molecule has 0 bridgehead atoms. The lowest BCUT2D eigenvalue weighted by Crippen LogP contribution is -2.38. The average Bonchev–Trinajstić information content (AvgIpc) is 2.88. The summed E-state index contributed by atoms with van der Waals surface area (Å²) in [7, 11) is -2.91. The van der Waals surface area contributed by atoms with Gasteiger partial charge in [0.05, 0.1) is 11.5 Å². The zero-order valence-electron chi connectivity index (χ0n) is 10.7. The van der Waals surface area contributed by atoms with Crippen LogP contribution >= 0.6 is 0 Å². The number of hydrogen-bond acceptors (Lipinski definition) is 4. The second-order valence-corrected chi connectivity index (χ2v) is 7.58. The molecule has 0 aromatic heterocycles. The highest BCUT2D eigenvalue weighted by Gasteiger charge is 2.28. The predicted molar refractivity (Wildman–Crippen MR) is 70.1 cm³/mol. The molecule has 18 heavy (non-hydrogen) atoms. The van der Waals surface area contributed by atoms with Crippen LogP contribution in [0.5, 0.6) is 0 Å². The number of sulfone groups is 1. The van der Waals surface area contributed by atoms with Crippen molar-refractivity contribution >= 4 is 15.7 Å². The first-order valence-corrected chi connectivity index (χ1v) is 8.60. The smallest absolute Gasteiger partial charge is 0.221 e. The Morgan fingerprint density at radius 3 is 2.44 bits per heavy atom. The van der Waals surface area contributed by atoms with E-state index in [1.54, 1.807) is 0 Å². The lowest BCUT2D eigenvalue weighted by Gasteiger charge is -2.13. The Kier molecular flexibility index (Phi) is 4.61. The Morgan fingerprint density at radius 2 is 1.83 bits per heavy atom. The fourth-order valence-electron chi connectivity index (χ4n) is 2.73. The van der Waals surface area contributed by atoms with Crippen LogP contribution in [0.2, 0.25) is 0 Å². The molecule has 104 valence electrons. The molecular formula is C12H22N2O3S.